The normalized spacial score (nSPS) is 14.9. The highest BCUT2D eigenvalue weighted by molar-refractivity contribution is 7.45. The van der Waals surface area contributed by atoms with Crippen LogP contribution in [0.25, 0.3) is 0 Å². The summed E-state index contributed by atoms with van der Waals surface area (Å²) < 4.78 is 23.2. The molecule has 10 heteroatoms. The third-order valence-corrected chi connectivity index (χ3v) is 13.1. The third-order valence-electron chi connectivity index (χ3n) is 12.2. The molecule has 0 fully saturated rings. The van der Waals surface area contributed by atoms with Crippen LogP contribution in [0, 0.1) is 0 Å². The summed E-state index contributed by atoms with van der Waals surface area (Å²) in [7, 11) is 1.13. The first-order chi connectivity index (χ1) is 31.4. The average molecular weight is 937 g/mol. The lowest BCUT2D eigenvalue weighted by Crippen LogP contribution is -2.51. The van der Waals surface area contributed by atoms with Crippen LogP contribution in [0.5, 0.6) is 0 Å². The highest BCUT2D eigenvalue weighted by Gasteiger charge is 2.29. The van der Waals surface area contributed by atoms with E-state index in [0.29, 0.717) is 17.4 Å². The zero-order valence-corrected chi connectivity index (χ0v) is 43.9. The van der Waals surface area contributed by atoms with Crippen LogP contribution in [0.4, 0.5) is 0 Å². The number of unbranched alkanes of at least 4 members (excludes halogenated alkanes) is 27. The predicted octanol–water partition coefficient (Wildman–Crippen LogP) is 14.3. The van der Waals surface area contributed by atoms with Gasteiger partial charge in [-0.15, -0.1) is 0 Å². The Balaban J connectivity index is 4.17. The number of carbonyl (C=O) groups excluding carboxylic acids is 1. The number of quaternary nitrogens is 1. The molecule has 0 aromatic carbocycles. The van der Waals surface area contributed by atoms with E-state index in [0.717, 1.165) is 70.6 Å². The van der Waals surface area contributed by atoms with E-state index < -0.39 is 32.7 Å². The van der Waals surface area contributed by atoms with Gasteiger partial charge in [0.2, 0.25) is 5.91 Å². The van der Waals surface area contributed by atoms with Crippen LogP contribution in [0.1, 0.15) is 239 Å². The van der Waals surface area contributed by atoms with Crippen molar-refractivity contribution in [2.24, 2.45) is 0 Å². The van der Waals surface area contributed by atoms with Crippen LogP contribution in [-0.4, -0.2) is 79.8 Å². The van der Waals surface area contributed by atoms with Gasteiger partial charge < -0.3 is 34.0 Å². The summed E-state index contributed by atoms with van der Waals surface area (Å²) in [6, 6.07) is -1.07. The van der Waals surface area contributed by atoms with Gasteiger partial charge >= 0.3 is 0 Å². The van der Waals surface area contributed by atoms with E-state index in [1.807, 2.05) is 21.1 Å². The van der Waals surface area contributed by atoms with E-state index in [4.69, 9.17) is 9.05 Å². The van der Waals surface area contributed by atoms with Gasteiger partial charge in [0.15, 0.2) is 0 Å². The molecule has 0 rings (SSSR count). The minimum Gasteiger partial charge on any atom is -0.756 e. The Labute approximate surface area is 402 Å². The number of phosphoric ester groups is 1. The molecule has 4 unspecified atom stereocenters. The molecule has 382 valence electrons. The number of rotatable bonds is 49. The van der Waals surface area contributed by atoms with Crippen LogP contribution in [0.3, 0.4) is 0 Å². The fourth-order valence-corrected chi connectivity index (χ4v) is 8.62. The van der Waals surface area contributed by atoms with Gasteiger partial charge in [-0.3, -0.25) is 9.36 Å². The Bertz CT molecular complexity index is 1220. The van der Waals surface area contributed by atoms with E-state index in [1.54, 1.807) is 0 Å². The molecule has 0 heterocycles. The van der Waals surface area contributed by atoms with E-state index in [2.05, 4.69) is 67.8 Å². The van der Waals surface area contributed by atoms with Crippen LogP contribution in [0.15, 0.2) is 48.6 Å². The zero-order valence-electron chi connectivity index (χ0n) is 43.1. The van der Waals surface area contributed by atoms with Crippen molar-refractivity contribution in [1.29, 1.82) is 0 Å². The number of likely N-dealkylation sites (N-methyl/N-ethyl adjacent to an activating group) is 1. The van der Waals surface area contributed by atoms with E-state index >= 15 is 0 Å². The van der Waals surface area contributed by atoms with Crippen LogP contribution >= 0.6 is 7.82 Å². The maximum absolute atomic E-state index is 13.0. The topological polar surface area (TPSA) is 128 Å². The summed E-state index contributed by atoms with van der Waals surface area (Å²) in [6.45, 7) is 4.33. The predicted molar refractivity (Wildman–Crippen MR) is 276 cm³/mol. The lowest BCUT2D eigenvalue weighted by atomic mass is 9.99. The van der Waals surface area contributed by atoms with Crippen molar-refractivity contribution in [2.75, 3.05) is 40.9 Å². The van der Waals surface area contributed by atoms with Gasteiger partial charge in [-0.25, -0.2) is 0 Å². The second-order valence-corrected chi connectivity index (χ2v) is 21.1. The molecule has 0 saturated carbocycles. The second-order valence-electron chi connectivity index (χ2n) is 19.7. The highest BCUT2D eigenvalue weighted by Crippen LogP contribution is 2.38. The molecule has 0 aliphatic heterocycles. The molecule has 0 aromatic rings. The van der Waals surface area contributed by atoms with Gasteiger partial charge in [0, 0.05) is 6.42 Å². The Morgan fingerprint density at radius 1 is 0.569 bits per heavy atom. The molecular formula is C55H105N2O7P. The quantitative estimate of drug-likeness (QED) is 0.0240. The minimum atomic E-state index is -4.67. The first-order valence-electron chi connectivity index (χ1n) is 27.1. The molecule has 0 saturated heterocycles. The van der Waals surface area contributed by atoms with Gasteiger partial charge in [0.25, 0.3) is 7.82 Å². The standard InChI is InChI=1S/C55H105N2O7P/c1-6-8-10-12-14-16-18-20-21-22-23-24-25-26-27-28-29-30-31-32-33-34-35-36-38-40-42-44-46-48-54(59)56-52(51-64-65(61,62)63-50-49-57(3,4)5)55(60)53(58)47-45-43-41-39-37-19-17-15-13-11-9-7-2/h8,10,14,16,20-21,23-24,52-53,55,58,60H,6-7,9,11-13,15,17-19,22,25-51H2,1-5H3,(H-,56,59,61,62)/b10-8-,16-14-,21-20-,24-23-. The monoisotopic (exact) mass is 937 g/mol. The number of nitrogens with zero attached hydrogens (tertiary/aromatic N) is 1. The molecule has 0 aliphatic carbocycles. The number of hydrogen-bond acceptors (Lipinski definition) is 7. The first-order valence-corrected chi connectivity index (χ1v) is 28.5. The Morgan fingerprint density at radius 3 is 1.42 bits per heavy atom. The molecule has 3 N–H and O–H groups in total. The van der Waals surface area contributed by atoms with Crippen LogP contribution < -0.4 is 10.2 Å². The van der Waals surface area contributed by atoms with Crippen molar-refractivity contribution in [3.63, 3.8) is 0 Å². The molecule has 9 nitrogen and oxygen atoms in total. The number of allylic oxidation sites excluding steroid dienone is 8. The molecule has 0 spiro atoms. The second kappa shape index (κ2) is 46.2. The number of phosphoric acid groups is 1. The number of carbonyl (C=O) groups is 1. The maximum Gasteiger partial charge on any atom is 0.268 e. The molecule has 1 amide bonds. The first kappa shape index (κ1) is 63.4. The average Bonchev–Trinajstić information content (AvgIpc) is 3.26. The number of aliphatic hydroxyl groups is 2. The fourth-order valence-electron chi connectivity index (χ4n) is 7.89. The molecule has 65 heavy (non-hydrogen) atoms. The van der Waals surface area contributed by atoms with Gasteiger partial charge in [-0.05, 0) is 51.4 Å². The van der Waals surface area contributed by atoms with Crippen molar-refractivity contribution >= 4 is 13.7 Å². The molecular weight excluding hydrogens is 832 g/mol. The Morgan fingerprint density at radius 2 is 0.969 bits per heavy atom. The molecule has 0 aromatic heterocycles. The van der Waals surface area contributed by atoms with Gasteiger partial charge in [0.1, 0.15) is 19.3 Å². The van der Waals surface area contributed by atoms with Crippen molar-refractivity contribution in [3.8, 4) is 0 Å². The van der Waals surface area contributed by atoms with E-state index in [9.17, 15) is 24.5 Å². The van der Waals surface area contributed by atoms with Crippen LogP contribution in [-0.2, 0) is 18.4 Å². The Hall–Kier alpha value is -1.58. The minimum absolute atomic E-state index is 0.0406. The fraction of sp³-hybridized carbons (Fsp3) is 0.836. The molecule has 0 bridgehead atoms. The van der Waals surface area contributed by atoms with Gasteiger partial charge in [0.05, 0.1) is 39.9 Å². The van der Waals surface area contributed by atoms with E-state index in [-0.39, 0.29) is 18.9 Å². The summed E-state index contributed by atoms with van der Waals surface area (Å²) in [6.07, 6.45) is 55.9. The molecule has 0 radical (unpaired) electrons. The lowest BCUT2D eigenvalue weighted by Gasteiger charge is -2.31. The number of amides is 1. The lowest BCUT2D eigenvalue weighted by molar-refractivity contribution is -0.870. The SMILES string of the molecule is CC/C=C\C/C=C\C/C=C\C/C=C\CCCCCCCCCCCCCCCCCCC(=O)NC(COP(=O)([O-])OCC[N+](C)(C)C)C(O)C(O)CCCCCCCCCCCCCC. The van der Waals surface area contributed by atoms with E-state index in [1.165, 1.54) is 141 Å². The highest BCUT2D eigenvalue weighted by atomic mass is 31.2. The summed E-state index contributed by atoms with van der Waals surface area (Å²) in [5, 5.41) is 24.7. The van der Waals surface area contributed by atoms with Gasteiger partial charge in [-0.2, -0.15) is 0 Å². The van der Waals surface area contributed by atoms with Crippen LogP contribution in [0.2, 0.25) is 0 Å². The van der Waals surface area contributed by atoms with Crippen molar-refractivity contribution in [1.82, 2.24) is 5.32 Å². The van der Waals surface area contributed by atoms with Gasteiger partial charge in [-0.1, -0.05) is 229 Å². The summed E-state index contributed by atoms with van der Waals surface area (Å²) >= 11 is 0. The van der Waals surface area contributed by atoms with Crippen molar-refractivity contribution in [2.45, 2.75) is 257 Å². The summed E-state index contributed by atoms with van der Waals surface area (Å²) in [5.41, 5.74) is 0. The molecule has 4 atom stereocenters. The number of aliphatic hydroxyl groups excluding tert-OH is 2. The Kier molecular flexibility index (Phi) is 45.0. The van der Waals surface area contributed by atoms with Crippen molar-refractivity contribution in [3.05, 3.63) is 48.6 Å². The maximum atomic E-state index is 13.0. The molecule has 0 aliphatic rings. The van der Waals surface area contributed by atoms with Crippen molar-refractivity contribution < 1.29 is 38.0 Å². The smallest absolute Gasteiger partial charge is 0.268 e. The summed E-state index contributed by atoms with van der Waals surface area (Å²) in [5.74, 6) is -0.278. The largest absolute Gasteiger partial charge is 0.756 e. The third kappa shape index (κ3) is 47.3. The number of nitrogens with one attached hydrogen (secondary N) is 1. The number of hydrogen-bond donors (Lipinski definition) is 3. The summed E-state index contributed by atoms with van der Waals surface area (Å²) in [4.78, 5) is 25.5. The zero-order chi connectivity index (χ0) is 48.0.